The summed E-state index contributed by atoms with van der Waals surface area (Å²) in [6.45, 7) is 2.45. The fraction of sp³-hybridized carbons (Fsp3) is 0.571. The van der Waals surface area contributed by atoms with Crippen LogP contribution in [0.2, 0.25) is 0 Å². The second kappa shape index (κ2) is 5.16. The van der Waals surface area contributed by atoms with Crippen molar-refractivity contribution in [1.82, 2.24) is 5.32 Å². The van der Waals surface area contributed by atoms with Crippen molar-refractivity contribution in [2.24, 2.45) is 11.7 Å². The summed E-state index contributed by atoms with van der Waals surface area (Å²) in [5.74, 6) is 2.52. The molecule has 1 aliphatic heterocycles. The first-order chi connectivity index (χ1) is 8.81. The van der Waals surface area contributed by atoms with Crippen LogP contribution >= 0.6 is 0 Å². The van der Waals surface area contributed by atoms with Gasteiger partial charge in [-0.3, -0.25) is 0 Å². The van der Waals surface area contributed by atoms with Crippen LogP contribution in [0, 0.1) is 5.92 Å². The molecule has 1 fully saturated rings. The summed E-state index contributed by atoms with van der Waals surface area (Å²) in [5, 5.41) is 3.50. The zero-order valence-electron chi connectivity index (χ0n) is 10.5. The standard InChI is InChI=1S/C14H20N2O2/c15-12-5-11(6-12)8-16-4-3-10-1-2-13-14(7-10)18-9-17-13/h1-2,7,11-12,16H,3-6,8-9,15H2. The highest BCUT2D eigenvalue weighted by molar-refractivity contribution is 5.44. The number of nitrogens with two attached hydrogens (primary N) is 1. The molecular formula is C14H20N2O2. The first-order valence-electron chi connectivity index (χ1n) is 6.66. The van der Waals surface area contributed by atoms with Gasteiger partial charge in [0, 0.05) is 6.04 Å². The molecule has 0 unspecified atom stereocenters. The smallest absolute Gasteiger partial charge is 0.231 e. The van der Waals surface area contributed by atoms with E-state index in [1.54, 1.807) is 0 Å². The van der Waals surface area contributed by atoms with Crippen LogP contribution in [0.15, 0.2) is 18.2 Å². The van der Waals surface area contributed by atoms with Gasteiger partial charge >= 0.3 is 0 Å². The number of hydrogen-bond donors (Lipinski definition) is 2. The van der Waals surface area contributed by atoms with E-state index in [0.29, 0.717) is 12.8 Å². The van der Waals surface area contributed by atoms with Crippen LogP contribution in [0.1, 0.15) is 18.4 Å². The van der Waals surface area contributed by atoms with E-state index in [0.717, 1.165) is 36.9 Å². The average Bonchev–Trinajstić information content (AvgIpc) is 2.79. The first-order valence-corrected chi connectivity index (χ1v) is 6.66. The fourth-order valence-corrected chi connectivity index (χ4v) is 2.59. The fourth-order valence-electron chi connectivity index (χ4n) is 2.59. The lowest BCUT2D eigenvalue weighted by atomic mass is 9.81. The quantitative estimate of drug-likeness (QED) is 0.771. The number of ether oxygens (including phenoxy) is 2. The Hall–Kier alpha value is -1.26. The molecule has 1 aromatic rings. The lowest BCUT2D eigenvalue weighted by Gasteiger charge is -2.32. The van der Waals surface area contributed by atoms with Crippen LogP contribution in [0.5, 0.6) is 11.5 Å². The Labute approximate surface area is 107 Å². The summed E-state index contributed by atoms with van der Waals surface area (Å²) in [6, 6.07) is 6.62. The Balaban J connectivity index is 1.40. The van der Waals surface area contributed by atoms with Crippen LogP contribution in [-0.4, -0.2) is 25.9 Å². The van der Waals surface area contributed by atoms with Crippen molar-refractivity contribution >= 4 is 0 Å². The number of benzene rings is 1. The second-order valence-electron chi connectivity index (χ2n) is 5.24. The molecule has 3 N–H and O–H groups in total. The molecule has 18 heavy (non-hydrogen) atoms. The van der Waals surface area contributed by atoms with Crippen molar-refractivity contribution in [3.63, 3.8) is 0 Å². The SMILES string of the molecule is NC1CC(CNCCc2ccc3c(c2)OCO3)C1. The Bertz CT molecular complexity index is 416. The summed E-state index contributed by atoms with van der Waals surface area (Å²) in [6.07, 6.45) is 3.38. The van der Waals surface area contributed by atoms with Crippen molar-refractivity contribution < 1.29 is 9.47 Å². The molecular weight excluding hydrogens is 228 g/mol. The number of hydrogen-bond acceptors (Lipinski definition) is 4. The van der Waals surface area contributed by atoms with E-state index in [1.807, 2.05) is 6.07 Å². The van der Waals surface area contributed by atoms with Crippen molar-refractivity contribution in [3.8, 4) is 11.5 Å². The molecule has 98 valence electrons. The molecule has 0 atom stereocenters. The molecule has 0 radical (unpaired) electrons. The van der Waals surface area contributed by atoms with Crippen LogP contribution in [0.25, 0.3) is 0 Å². The molecule has 0 spiro atoms. The van der Waals surface area contributed by atoms with Gasteiger partial charge in [0.1, 0.15) is 0 Å². The van der Waals surface area contributed by atoms with Gasteiger partial charge in [-0.05, 0) is 56.0 Å². The molecule has 0 amide bonds. The summed E-state index contributed by atoms with van der Waals surface area (Å²) in [5.41, 5.74) is 7.05. The summed E-state index contributed by atoms with van der Waals surface area (Å²) in [7, 11) is 0. The number of nitrogens with one attached hydrogen (secondary N) is 1. The monoisotopic (exact) mass is 248 g/mol. The van der Waals surface area contributed by atoms with Crippen LogP contribution in [0.4, 0.5) is 0 Å². The third-order valence-corrected chi connectivity index (χ3v) is 3.73. The topological polar surface area (TPSA) is 56.5 Å². The lowest BCUT2D eigenvalue weighted by molar-refractivity contribution is 0.174. The van der Waals surface area contributed by atoms with E-state index in [9.17, 15) is 0 Å². The van der Waals surface area contributed by atoms with Gasteiger partial charge in [-0.2, -0.15) is 0 Å². The van der Waals surface area contributed by atoms with Crippen molar-refractivity contribution in [2.45, 2.75) is 25.3 Å². The van der Waals surface area contributed by atoms with Gasteiger partial charge in [0.25, 0.3) is 0 Å². The maximum absolute atomic E-state index is 5.76. The summed E-state index contributed by atoms with van der Waals surface area (Å²) >= 11 is 0. The Morgan fingerprint density at radius 3 is 2.89 bits per heavy atom. The molecule has 4 heteroatoms. The molecule has 1 aromatic carbocycles. The predicted molar refractivity (Wildman–Crippen MR) is 69.8 cm³/mol. The van der Waals surface area contributed by atoms with E-state index in [1.165, 1.54) is 18.4 Å². The van der Waals surface area contributed by atoms with Gasteiger partial charge in [-0.25, -0.2) is 0 Å². The van der Waals surface area contributed by atoms with Gasteiger partial charge in [-0.15, -0.1) is 0 Å². The summed E-state index contributed by atoms with van der Waals surface area (Å²) in [4.78, 5) is 0. The van der Waals surface area contributed by atoms with Gasteiger partial charge < -0.3 is 20.5 Å². The van der Waals surface area contributed by atoms with Gasteiger partial charge in [-0.1, -0.05) is 6.07 Å². The highest BCUT2D eigenvalue weighted by Gasteiger charge is 2.24. The molecule has 0 aromatic heterocycles. The highest BCUT2D eigenvalue weighted by atomic mass is 16.7. The molecule has 4 nitrogen and oxygen atoms in total. The van der Waals surface area contributed by atoms with E-state index >= 15 is 0 Å². The molecule has 1 saturated carbocycles. The van der Waals surface area contributed by atoms with E-state index in [-0.39, 0.29) is 0 Å². The highest BCUT2D eigenvalue weighted by Crippen LogP contribution is 2.32. The molecule has 2 aliphatic rings. The first kappa shape index (κ1) is 11.8. The maximum Gasteiger partial charge on any atom is 0.231 e. The molecule has 0 bridgehead atoms. The second-order valence-corrected chi connectivity index (χ2v) is 5.24. The van der Waals surface area contributed by atoms with Crippen LogP contribution in [0.3, 0.4) is 0 Å². The number of fused-ring (bicyclic) bond motifs is 1. The molecule has 3 rings (SSSR count). The van der Waals surface area contributed by atoms with Gasteiger partial charge in [0.15, 0.2) is 11.5 Å². The van der Waals surface area contributed by atoms with Crippen molar-refractivity contribution in [2.75, 3.05) is 19.9 Å². The van der Waals surface area contributed by atoms with Crippen molar-refractivity contribution in [1.29, 1.82) is 0 Å². The normalized spacial score (nSPS) is 24.9. The molecule has 1 heterocycles. The Kier molecular flexibility index (Phi) is 3.39. The lowest BCUT2D eigenvalue weighted by Crippen LogP contribution is -2.41. The minimum atomic E-state index is 0.346. The van der Waals surface area contributed by atoms with Crippen LogP contribution < -0.4 is 20.5 Å². The zero-order valence-corrected chi connectivity index (χ0v) is 10.5. The third kappa shape index (κ3) is 2.60. The zero-order chi connectivity index (χ0) is 12.4. The van der Waals surface area contributed by atoms with E-state index in [2.05, 4.69) is 17.4 Å². The molecule has 1 aliphatic carbocycles. The molecule has 0 saturated heterocycles. The average molecular weight is 248 g/mol. The maximum atomic E-state index is 5.76. The third-order valence-electron chi connectivity index (χ3n) is 3.73. The summed E-state index contributed by atoms with van der Waals surface area (Å²) < 4.78 is 10.7. The minimum Gasteiger partial charge on any atom is -0.454 e. The van der Waals surface area contributed by atoms with Crippen molar-refractivity contribution in [3.05, 3.63) is 23.8 Å². The van der Waals surface area contributed by atoms with Crippen LogP contribution in [-0.2, 0) is 6.42 Å². The van der Waals surface area contributed by atoms with E-state index < -0.39 is 0 Å². The number of rotatable bonds is 5. The predicted octanol–water partition coefficient (Wildman–Crippen LogP) is 1.28. The van der Waals surface area contributed by atoms with Gasteiger partial charge in [0.05, 0.1) is 0 Å². The minimum absolute atomic E-state index is 0.346. The Morgan fingerprint density at radius 2 is 2.06 bits per heavy atom. The Morgan fingerprint density at radius 1 is 1.22 bits per heavy atom. The largest absolute Gasteiger partial charge is 0.454 e. The van der Waals surface area contributed by atoms with Gasteiger partial charge in [0.2, 0.25) is 6.79 Å². The van der Waals surface area contributed by atoms with E-state index in [4.69, 9.17) is 15.2 Å².